The standard InChI is InChI=1S/C24H52N.CHNO/c1-5-9-13-17-21-25(22-18-14-10-6-2,23-19-15-11-7-3)24-20-16-12-8-4;2-1-3/h5-24H2,1-4H3;3H/q+1;. The lowest BCUT2D eigenvalue weighted by atomic mass is 10.1. The molecule has 1 N–H and O–H groups in total. The van der Waals surface area contributed by atoms with E-state index < -0.39 is 0 Å². The van der Waals surface area contributed by atoms with Crippen LogP contribution < -0.4 is 0 Å². The van der Waals surface area contributed by atoms with Gasteiger partial charge in [-0.05, 0) is 51.4 Å². The average molecular weight is 398 g/mol. The molecule has 0 rings (SSSR count). The molecule has 0 atom stereocenters. The fraction of sp³-hybridized carbons (Fsp3) is 0.960. The number of quaternary nitrogens is 1. The summed E-state index contributed by atoms with van der Waals surface area (Å²) in [5, 5.41) is 13.8. The number of aliphatic hydroxyl groups is 1. The van der Waals surface area contributed by atoms with E-state index in [9.17, 15) is 0 Å². The zero-order valence-electron chi connectivity index (χ0n) is 20.0. The molecule has 168 valence electrons. The predicted molar refractivity (Wildman–Crippen MR) is 124 cm³/mol. The summed E-state index contributed by atoms with van der Waals surface area (Å²) in [5.41, 5.74) is 0. The van der Waals surface area contributed by atoms with Gasteiger partial charge in [-0.3, -0.25) is 0 Å². The summed E-state index contributed by atoms with van der Waals surface area (Å²) in [7, 11) is 0. The molecule has 0 saturated carbocycles. The van der Waals surface area contributed by atoms with E-state index in [4.69, 9.17) is 10.4 Å². The largest absolute Gasteiger partial charge is 0.443 e. The number of nitrogens with zero attached hydrogens (tertiary/aromatic N) is 2. The van der Waals surface area contributed by atoms with E-state index in [0.29, 0.717) is 0 Å². The lowest BCUT2D eigenvalue weighted by Crippen LogP contribution is -2.50. The molecule has 0 fully saturated rings. The number of aliphatic hydroxyl groups excluding tert-OH is 1. The number of nitriles is 1. The van der Waals surface area contributed by atoms with Gasteiger partial charge in [0.25, 0.3) is 6.26 Å². The first-order chi connectivity index (χ1) is 13.7. The van der Waals surface area contributed by atoms with Crippen LogP contribution in [0.2, 0.25) is 0 Å². The van der Waals surface area contributed by atoms with Crippen LogP contribution in [0.15, 0.2) is 0 Å². The van der Waals surface area contributed by atoms with E-state index in [1.165, 1.54) is 133 Å². The summed E-state index contributed by atoms with van der Waals surface area (Å²) in [4.78, 5) is 0. The van der Waals surface area contributed by atoms with Gasteiger partial charge in [0, 0.05) is 0 Å². The van der Waals surface area contributed by atoms with E-state index >= 15 is 0 Å². The fourth-order valence-electron chi connectivity index (χ4n) is 4.17. The van der Waals surface area contributed by atoms with Crippen molar-refractivity contribution < 1.29 is 9.59 Å². The van der Waals surface area contributed by atoms with Crippen LogP contribution in [0.1, 0.15) is 130 Å². The molecule has 0 unspecified atom stereocenters. The minimum atomic E-state index is 0.750. The molecule has 0 aliphatic carbocycles. The maximum atomic E-state index is 6.88. The second kappa shape index (κ2) is 24.3. The Morgan fingerprint density at radius 3 is 0.893 bits per heavy atom. The van der Waals surface area contributed by atoms with Gasteiger partial charge < -0.3 is 9.59 Å². The van der Waals surface area contributed by atoms with Gasteiger partial charge in [-0.2, -0.15) is 5.26 Å². The van der Waals surface area contributed by atoms with Crippen LogP contribution in [-0.4, -0.2) is 35.8 Å². The van der Waals surface area contributed by atoms with Crippen molar-refractivity contribution >= 4 is 0 Å². The quantitative estimate of drug-likeness (QED) is 0.129. The summed E-state index contributed by atoms with van der Waals surface area (Å²) < 4.78 is 1.46. The molecule has 0 aliphatic rings. The van der Waals surface area contributed by atoms with Crippen LogP contribution in [0.3, 0.4) is 0 Å². The molecule has 28 heavy (non-hydrogen) atoms. The highest BCUT2D eigenvalue weighted by Gasteiger charge is 2.25. The van der Waals surface area contributed by atoms with Crippen LogP contribution in [0.5, 0.6) is 0 Å². The van der Waals surface area contributed by atoms with Crippen LogP contribution in [0.4, 0.5) is 0 Å². The van der Waals surface area contributed by atoms with Crippen molar-refractivity contribution in [1.29, 1.82) is 5.26 Å². The molecule has 0 aromatic carbocycles. The van der Waals surface area contributed by atoms with E-state index in [1.54, 1.807) is 0 Å². The zero-order valence-corrected chi connectivity index (χ0v) is 20.0. The molecule has 0 aliphatic heterocycles. The molecule has 0 aromatic rings. The van der Waals surface area contributed by atoms with Gasteiger partial charge in [0.1, 0.15) is 0 Å². The topological polar surface area (TPSA) is 44.0 Å². The van der Waals surface area contributed by atoms with Crippen molar-refractivity contribution in [2.75, 3.05) is 26.2 Å². The average Bonchev–Trinajstić information content (AvgIpc) is 2.70. The van der Waals surface area contributed by atoms with E-state index in [-0.39, 0.29) is 0 Å². The number of hydrogen-bond acceptors (Lipinski definition) is 2. The molecule has 0 heterocycles. The minimum Gasteiger partial charge on any atom is -0.443 e. The van der Waals surface area contributed by atoms with Crippen LogP contribution in [0, 0.1) is 11.5 Å². The molecule has 0 amide bonds. The maximum absolute atomic E-state index is 6.88. The Balaban J connectivity index is 0. The highest BCUT2D eigenvalue weighted by Crippen LogP contribution is 2.19. The normalized spacial score (nSPS) is 11.0. The first kappa shape index (κ1) is 29.5. The summed E-state index contributed by atoms with van der Waals surface area (Å²) in [5.74, 6) is 0. The summed E-state index contributed by atoms with van der Waals surface area (Å²) in [6.45, 7) is 15.2. The Morgan fingerprint density at radius 1 is 0.500 bits per heavy atom. The van der Waals surface area contributed by atoms with Gasteiger partial charge in [0.05, 0.1) is 26.2 Å². The Labute approximate surface area is 178 Å². The number of hydrogen-bond donors (Lipinski definition) is 1. The third kappa shape index (κ3) is 20.0. The zero-order chi connectivity index (χ0) is 21.3. The second-order valence-corrected chi connectivity index (χ2v) is 8.58. The lowest BCUT2D eigenvalue weighted by molar-refractivity contribution is -0.929. The van der Waals surface area contributed by atoms with Crippen molar-refractivity contribution in [2.45, 2.75) is 130 Å². The van der Waals surface area contributed by atoms with Gasteiger partial charge in [0.15, 0.2) is 0 Å². The molecular weight excluding hydrogens is 344 g/mol. The van der Waals surface area contributed by atoms with Gasteiger partial charge in [-0.15, -0.1) is 0 Å². The van der Waals surface area contributed by atoms with Gasteiger partial charge >= 0.3 is 0 Å². The van der Waals surface area contributed by atoms with Crippen molar-refractivity contribution in [1.82, 2.24) is 0 Å². The molecule has 0 aromatic heterocycles. The molecule has 0 saturated heterocycles. The molecule has 3 heteroatoms. The molecule has 0 bridgehead atoms. The van der Waals surface area contributed by atoms with E-state index in [2.05, 4.69) is 27.7 Å². The third-order valence-electron chi connectivity index (χ3n) is 5.94. The Kier molecular flexibility index (Phi) is 25.5. The summed E-state index contributed by atoms with van der Waals surface area (Å²) >= 11 is 0. The molecule has 3 nitrogen and oxygen atoms in total. The SMILES string of the molecule is CCCCCC[N+](CCCCCC)(CCCCCC)CCCCCC.N#CO. The molecule has 0 spiro atoms. The highest BCUT2D eigenvalue weighted by molar-refractivity contribution is 4.53. The fourth-order valence-corrected chi connectivity index (χ4v) is 4.17. The number of unbranched alkanes of at least 4 members (excludes halogenated alkanes) is 12. The van der Waals surface area contributed by atoms with Crippen molar-refractivity contribution in [3.63, 3.8) is 0 Å². The molecular formula is C25H53N2O+. The Bertz CT molecular complexity index is 271. The Morgan fingerprint density at radius 2 is 0.714 bits per heavy atom. The lowest BCUT2D eigenvalue weighted by Gasteiger charge is -2.39. The number of rotatable bonds is 20. The van der Waals surface area contributed by atoms with E-state index in [0.717, 1.165) is 6.26 Å². The van der Waals surface area contributed by atoms with Crippen LogP contribution in [0.25, 0.3) is 0 Å². The summed E-state index contributed by atoms with van der Waals surface area (Å²) in [6, 6.07) is 0. The van der Waals surface area contributed by atoms with Gasteiger partial charge in [-0.1, -0.05) is 79.1 Å². The minimum absolute atomic E-state index is 0.750. The monoisotopic (exact) mass is 397 g/mol. The predicted octanol–water partition coefficient (Wildman–Crippen LogP) is 7.96. The van der Waals surface area contributed by atoms with Gasteiger partial charge in [0.2, 0.25) is 0 Å². The van der Waals surface area contributed by atoms with Crippen molar-refractivity contribution in [3.05, 3.63) is 0 Å². The second-order valence-electron chi connectivity index (χ2n) is 8.58. The maximum Gasteiger partial charge on any atom is 0.283 e. The van der Waals surface area contributed by atoms with Gasteiger partial charge in [-0.25, -0.2) is 0 Å². The third-order valence-corrected chi connectivity index (χ3v) is 5.94. The van der Waals surface area contributed by atoms with Crippen molar-refractivity contribution in [2.24, 2.45) is 0 Å². The molecule has 0 radical (unpaired) electrons. The van der Waals surface area contributed by atoms with E-state index in [1.807, 2.05) is 0 Å². The van der Waals surface area contributed by atoms with Crippen LogP contribution >= 0.6 is 0 Å². The summed E-state index contributed by atoms with van der Waals surface area (Å²) in [6.07, 6.45) is 23.6. The Hall–Kier alpha value is -0.750. The smallest absolute Gasteiger partial charge is 0.283 e. The van der Waals surface area contributed by atoms with Crippen LogP contribution in [-0.2, 0) is 0 Å². The first-order valence-corrected chi connectivity index (χ1v) is 12.5. The first-order valence-electron chi connectivity index (χ1n) is 12.5. The highest BCUT2D eigenvalue weighted by atomic mass is 16.2. The van der Waals surface area contributed by atoms with Crippen molar-refractivity contribution in [3.8, 4) is 6.26 Å².